The number of aromatic nitrogens is 1. The van der Waals surface area contributed by atoms with E-state index in [9.17, 15) is 13.2 Å². The largest absolute Gasteiger partial charge is 0.376 e. The van der Waals surface area contributed by atoms with Crippen LogP contribution >= 0.6 is 0 Å². The average Bonchev–Trinajstić information content (AvgIpc) is 2.95. The van der Waals surface area contributed by atoms with Gasteiger partial charge in [-0.3, -0.25) is 4.79 Å². The Hall–Kier alpha value is -1.38. The highest BCUT2D eigenvalue weighted by molar-refractivity contribution is 7.89. The van der Waals surface area contributed by atoms with Crippen molar-refractivity contribution in [3.8, 4) is 0 Å². The molecule has 2 atom stereocenters. The number of nitrogens with one attached hydrogen (secondary N) is 1. The average molecular weight is 315 g/mol. The summed E-state index contributed by atoms with van der Waals surface area (Å²) in [6, 6.07) is 1.19. The first-order valence-electron chi connectivity index (χ1n) is 6.87. The van der Waals surface area contributed by atoms with E-state index < -0.39 is 10.0 Å². The molecule has 0 spiro atoms. The van der Waals surface area contributed by atoms with Crippen LogP contribution in [0, 0.1) is 0 Å². The summed E-state index contributed by atoms with van der Waals surface area (Å²) >= 11 is 0. The fourth-order valence-corrected chi connectivity index (χ4v) is 2.92. The monoisotopic (exact) mass is 315 g/mol. The Labute approximate surface area is 124 Å². The maximum absolute atomic E-state index is 12.4. The Bertz CT molecular complexity index is 636. The van der Waals surface area contributed by atoms with Gasteiger partial charge in [0.25, 0.3) is 5.91 Å². The second-order valence-electron chi connectivity index (χ2n) is 5.55. The smallest absolute Gasteiger partial charge is 0.268 e. The molecule has 0 bridgehead atoms. The number of sulfonamides is 1. The van der Waals surface area contributed by atoms with Crippen LogP contribution in [0.1, 0.15) is 43.7 Å². The summed E-state index contributed by atoms with van der Waals surface area (Å²) in [5, 5.41) is 8.02. The predicted molar refractivity (Wildman–Crippen MR) is 77.5 cm³/mol. The van der Waals surface area contributed by atoms with Crippen molar-refractivity contribution in [2.75, 3.05) is 6.61 Å². The van der Waals surface area contributed by atoms with E-state index in [4.69, 9.17) is 9.88 Å². The quantitative estimate of drug-likeness (QED) is 0.850. The Kier molecular flexibility index (Phi) is 4.40. The van der Waals surface area contributed by atoms with Gasteiger partial charge in [0.2, 0.25) is 10.0 Å². The van der Waals surface area contributed by atoms with E-state index in [0.717, 1.165) is 6.42 Å². The molecule has 2 heterocycles. The summed E-state index contributed by atoms with van der Waals surface area (Å²) in [6.45, 7) is 6.24. The number of hydrogen-bond acceptors (Lipinski definition) is 4. The standard InChI is InChI=1S/C13H21N3O4S/c1-8(2)16-7-10(21(14,18)19)6-12(16)13(17)15-11-4-5-20-9(11)3/h6-9,11H,4-5H2,1-3H3,(H,15,17)(H2,14,18,19). The molecule has 1 fully saturated rings. The van der Waals surface area contributed by atoms with E-state index in [0.29, 0.717) is 6.61 Å². The lowest BCUT2D eigenvalue weighted by Crippen LogP contribution is -2.40. The normalized spacial score (nSPS) is 22.7. The number of amides is 1. The second kappa shape index (κ2) is 5.78. The molecule has 1 amide bonds. The zero-order chi connectivity index (χ0) is 15.8. The Morgan fingerprint density at radius 1 is 1.52 bits per heavy atom. The summed E-state index contributed by atoms with van der Waals surface area (Å²) < 4.78 is 29.9. The van der Waals surface area contributed by atoms with Gasteiger partial charge in [-0.15, -0.1) is 0 Å². The third-order valence-electron chi connectivity index (χ3n) is 3.63. The van der Waals surface area contributed by atoms with Crippen LogP contribution in [0.2, 0.25) is 0 Å². The van der Waals surface area contributed by atoms with Crippen molar-refractivity contribution in [3.63, 3.8) is 0 Å². The Morgan fingerprint density at radius 3 is 2.67 bits per heavy atom. The van der Waals surface area contributed by atoms with Crippen LogP contribution in [0.15, 0.2) is 17.2 Å². The molecule has 1 aliphatic rings. The Balaban J connectivity index is 2.29. The lowest BCUT2D eigenvalue weighted by Gasteiger charge is -2.18. The summed E-state index contributed by atoms with van der Waals surface area (Å²) in [6.07, 6.45) is 2.09. The molecule has 21 heavy (non-hydrogen) atoms. The van der Waals surface area contributed by atoms with Crippen molar-refractivity contribution in [2.45, 2.75) is 50.3 Å². The minimum Gasteiger partial charge on any atom is -0.376 e. The highest BCUT2D eigenvalue weighted by atomic mass is 32.2. The summed E-state index contributed by atoms with van der Waals surface area (Å²) in [7, 11) is -3.84. The van der Waals surface area contributed by atoms with Crippen molar-refractivity contribution in [1.82, 2.24) is 9.88 Å². The van der Waals surface area contributed by atoms with Gasteiger partial charge >= 0.3 is 0 Å². The molecule has 1 aromatic rings. The maximum atomic E-state index is 12.4. The number of hydrogen-bond donors (Lipinski definition) is 2. The number of primary sulfonamides is 1. The molecule has 1 saturated heterocycles. The molecule has 3 N–H and O–H groups in total. The van der Waals surface area contributed by atoms with Gasteiger partial charge in [-0.25, -0.2) is 13.6 Å². The van der Waals surface area contributed by atoms with Gasteiger partial charge in [-0.1, -0.05) is 0 Å². The first kappa shape index (κ1) is 16.0. The number of carbonyl (C=O) groups is 1. The minimum atomic E-state index is -3.84. The topological polar surface area (TPSA) is 103 Å². The molecular formula is C13H21N3O4S. The van der Waals surface area contributed by atoms with E-state index in [1.807, 2.05) is 20.8 Å². The van der Waals surface area contributed by atoms with Gasteiger partial charge in [-0.2, -0.15) is 0 Å². The molecular weight excluding hydrogens is 294 g/mol. The summed E-state index contributed by atoms with van der Waals surface area (Å²) in [5.74, 6) is -0.319. The van der Waals surface area contributed by atoms with Crippen LogP contribution in [-0.2, 0) is 14.8 Å². The maximum Gasteiger partial charge on any atom is 0.268 e. The molecule has 1 aliphatic heterocycles. The molecule has 0 aromatic carbocycles. The van der Waals surface area contributed by atoms with E-state index in [2.05, 4.69) is 5.32 Å². The minimum absolute atomic E-state index is 0.0471. The zero-order valence-electron chi connectivity index (χ0n) is 12.4. The lowest BCUT2D eigenvalue weighted by atomic mass is 10.1. The van der Waals surface area contributed by atoms with Crippen LogP contribution in [0.25, 0.3) is 0 Å². The molecule has 2 unspecified atom stereocenters. The van der Waals surface area contributed by atoms with Gasteiger partial charge in [0, 0.05) is 18.8 Å². The van der Waals surface area contributed by atoms with Crippen LogP contribution < -0.4 is 10.5 Å². The van der Waals surface area contributed by atoms with Crippen LogP contribution in [0.3, 0.4) is 0 Å². The zero-order valence-corrected chi connectivity index (χ0v) is 13.2. The molecule has 7 nitrogen and oxygen atoms in total. The molecule has 8 heteroatoms. The predicted octanol–water partition coefficient (Wildman–Crippen LogP) is 0.624. The molecule has 0 aliphatic carbocycles. The molecule has 0 saturated carbocycles. The van der Waals surface area contributed by atoms with E-state index in [1.165, 1.54) is 12.3 Å². The van der Waals surface area contributed by atoms with Crippen LogP contribution in [0.5, 0.6) is 0 Å². The van der Waals surface area contributed by atoms with E-state index >= 15 is 0 Å². The third kappa shape index (κ3) is 3.45. The first-order valence-corrected chi connectivity index (χ1v) is 8.42. The number of nitrogens with two attached hydrogens (primary N) is 1. The molecule has 118 valence electrons. The first-order chi connectivity index (χ1) is 9.70. The van der Waals surface area contributed by atoms with Gasteiger partial charge in [-0.05, 0) is 33.3 Å². The van der Waals surface area contributed by atoms with Crippen molar-refractivity contribution in [2.24, 2.45) is 5.14 Å². The summed E-state index contributed by atoms with van der Waals surface area (Å²) in [5.41, 5.74) is 0.285. The van der Waals surface area contributed by atoms with Crippen molar-refractivity contribution < 1.29 is 17.9 Å². The van der Waals surface area contributed by atoms with Crippen LogP contribution in [0.4, 0.5) is 0 Å². The highest BCUT2D eigenvalue weighted by Crippen LogP contribution is 2.19. The van der Waals surface area contributed by atoms with Gasteiger partial charge < -0.3 is 14.6 Å². The molecule has 1 aromatic heterocycles. The summed E-state index contributed by atoms with van der Waals surface area (Å²) in [4.78, 5) is 12.3. The SMILES string of the molecule is CC1OCCC1NC(=O)c1cc(S(N)(=O)=O)cn1C(C)C. The number of rotatable bonds is 4. The lowest BCUT2D eigenvalue weighted by molar-refractivity contribution is 0.0857. The van der Waals surface area contributed by atoms with Gasteiger partial charge in [0.1, 0.15) is 10.6 Å². The second-order valence-corrected chi connectivity index (χ2v) is 7.11. The third-order valence-corrected chi connectivity index (χ3v) is 4.51. The van der Waals surface area contributed by atoms with Gasteiger partial charge in [0.15, 0.2) is 0 Å². The van der Waals surface area contributed by atoms with Gasteiger partial charge in [0.05, 0.1) is 12.1 Å². The molecule has 2 rings (SSSR count). The van der Waals surface area contributed by atoms with Crippen LogP contribution in [-0.4, -0.2) is 37.6 Å². The molecule has 0 radical (unpaired) electrons. The number of ether oxygens (including phenoxy) is 1. The van der Waals surface area contributed by atoms with E-state index in [1.54, 1.807) is 4.57 Å². The van der Waals surface area contributed by atoms with Crippen molar-refractivity contribution in [3.05, 3.63) is 18.0 Å². The number of nitrogens with zero attached hydrogens (tertiary/aromatic N) is 1. The van der Waals surface area contributed by atoms with Crippen molar-refractivity contribution in [1.29, 1.82) is 0 Å². The Morgan fingerprint density at radius 2 is 2.19 bits per heavy atom. The number of carbonyl (C=O) groups excluding carboxylic acids is 1. The fraction of sp³-hybridized carbons (Fsp3) is 0.615. The fourth-order valence-electron chi connectivity index (χ4n) is 2.38. The van der Waals surface area contributed by atoms with Crippen molar-refractivity contribution >= 4 is 15.9 Å². The van der Waals surface area contributed by atoms with E-state index in [-0.39, 0.29) is 34.7 Å². The highest BCUT2D eigenvalue weighted by Gasteiger charge is 2.28.